The number of piperidine rings is 1. The molecular weight excluding hydrogens is 419 g/mol. The molecular formula is C24H30F3N3O2. The van der Waals surface area contributed by atoms with Gasteiger partial charge in [0.15, 0.2) is 5.60 Å². The van der Waals surface area contributed by atoms with E-state index in [0.29, 0.717) is 12.0 Å². The first kappa shape index (κ1) is 23.1. The zero-order valence-electron chi connectivity index (χ0n) is 18.4. The standard InChI is InChI=1S/C24H30F3N3O2/c1-22(32,24(25,26)27)18-4-2-17(3-5-18)21(31)30(19-6-7-19)20-8-14-29(15-9-20)16-23(10-11-23)12-13-28/h2-5,19-20,32H,6-12,14-16H2,1H3. The summed E-state index contributed by atoms with van der Waals surface area (Å²) in [6.07, 6.45) is 1.69. The highest BCUT2D eigenvalue weighted by atomic mass is 19.4. The predicted molar refractivity (Wildman–Crippen MR) is 113 cm³/mol. The Balaban J connectivity index is 1.40. The van der Waals surface area contributed by atoms with Crippen molar-refractivity contribution in [3.63, 3.8) is 0 Å². The zero-order chi connectivity index (χ0) is 23.1. The maximum atomic E-state index is 13.3. The largest absolute Gasteiger partial charge is 0.421 e. The molecule has 1 saturated heterocycles. The van der Waals surface area contributed by atoms with Gasteiger partial charge in [-0.3, -0.25) is 4.79 Å². The maximum Gasteiger partial charge on any atom is 0.421 e. The summed E-state index contributed by atoms with van der Waals surface area (Å²) in [7, 11) is 0. The third-order valence-corrected chi connectivity index (χ3v) is 7.34. The van der Waals surface area contributed by atoms with Crippen LogP contribution in [0.4, 0.5) is 13.2 Å². The minimum atomic E-state index is -4.79. The molecule has 3 aliphatic rings. The van der Waals surface area contributed by atoms with Crippen LogP contribution >= 0.6 is 0 Å². The smallest absolute Gasteiger partial charge is 0.376 e. The third-order valence-electron chi connectivity index (χ3n) is 7.34. The number of likely N-dealkylation sites (tertiary alicyclic amines) is 1. The van der Waals surface area contributed by atoms with Crippen molar-refractivity contribution >= 4 is 5.91 Å². The van der Waals surface area contributed by atoms with Crippen LogP contribution in [0.5, 0.6) is 0 Å². The van der Waals surface area contributed by atoms with Crippen LogP contribution in [0.3, 0.4) is 0 Å². The SMILES string of the molecule is CC(O)(c1ccc(C(=O)N(C2CC2)C2CCN(CC3(CC#N)CC3)CC2)cc1)C(F)(F)F. The maximum absolute atomic E-state index is 13.3. The van der Waals surface area contributed by atoms with E-state index in [2.05, 4.69) is 11.0 Å². The summed E-state index contributed by atoms with van der Waals surface area (Å²) >= 11 is 0. The Morgan fingerprint density at radius 3 is 2.19 bits per heavy atom. The van der Waals surface area contributed by atoms with Crippen LogP contribution in [0.1, 0.15) is 67.8 Å². The van der Waals surface area contributed by atoms with Crippen LogP contribution in [-0.2, 0) is 5.60 Å². The molecule has 3 fully saturated rings. The fourth-order valence-electron chi connectivity index (χ4n) is 4.80. The molecule has 5 nitrogen and oxygen atoms in total. The molecule has 0 radical (unpaired) electrons. The molecule has 1 N–H and O–H groups in total. The molecule has 0 bridgehead atoms. The zero-order valence-corrected chi connectivity index (χ0v) is 18.4. The van der Waals surface area contributed by atoms with Crippen molar-refractivity contribution in [2.75, 3.05) is 19.6 Å². The van der Waals surface area contributed by atoms with Crippen LogP contribution in [0.2, 0.25) is 0 Å². The van der Waals surface area contributed by atoms with Gasteiger partial charge < -0.3 is 14.9 Å². The molecule has 2 saturated carbocycles. The number of hydrogen-bond donors (Lipinski definition) is 1. The number of nitrogens with zero attached hydrogens (tertiary/aromatic N) is 3. The molecule has 1 aromatic rings. The Morgan fingerprint density at radius 2 is 1.72 bits per heavy atom. The Bertz CT molecular complexity index is 875. The summed E-state index contributed by atoms with van der Waals surface area (Å²) in [5.74, 6) is -0.146. The number of carbonyl (C=O) groups excluding carboxylic acids is 1. The van der Waals surface area contributed by atoms with Gasteiger partial charge in [-0.15, -0.1) is 0 Å². The molecule has 32 heavy (non-hydrogen) atoms. The first-order chi connectivity index (χ1) is 15.1. The van der Waals surface area contributed by atoms with Crippen molar-refractivity contribution in [2.24, 2.45) is 5.41 Å². The first-order valence-electron chi connectivity index (χ1n) is 11.4. The van der Waals surface area contributed by atoms with Crippen molar-refractivity contribution in [3.8, 4) is 6.07 Å². The van der Waals surface area contributed by atoms with Gasteiger partial charge in [0.2, 0.25) is 0 Å². The Labute approximate surface area is 186 Å². The Morgan fingerprint density at radius 1 is 1.16 bits per heavy atom. The van der Waals surface area contributed by atoms with Gasteiger partial charge in [0.25, 0.3) is 5.91 Å². The van der Waals surface area contributed by atoms with E-state index in [1.165, 1.54) is 24.3 Å². The second kappa shape index (κ2) is 8.35. The lowest BCUT2D eigenvalue weighted by molar-refractivity contribution is -0.258. The number of carbonyl (C=O) groups is 1. The fourth-order valence-corrected chi connectivity index (χ4v) is 4.80. The average Bonchev–Trinajstić information content (AvgIpc) is 3.67. The van der Waals surface area contributed by atoms with E-state index in [1.807, 2.05) is 4.90 Å². The molecule has 1 atom stereocenters. The highest BCUT2D eigenvalue weighted by molar-refractivity contribution is 5.95. The molecule has 174 valence electrons. The lowest BCUT2D eigenvalue weighted by atomic mass is 9.94. The number of amides is 1. The van der Waals surface area contributed by atoms with E-state index in [4.69, 9.17) is 5.26 Å². The Kier molecular flexibility index (Phi) is 6.01. The van der Waals surface area contributed by atoms with E-state index < -0.39 is 11.8 Å². The normalized spacial score (nSPS) is 23.2. The summed E-state index contributed by atoms with van der Waals surface area (Å²) in [5.41, 5.74) is -2.71. The van der Waals surface area contributed by atoms with Gasteiger partial charge in [0, 0.05) is 43.7 Å². The van der Waals surface area contributed by atoms with Crippen LogP contribution in [0.25, 0.3) is 0 Å². The van der Waals surface area contributed by atoms with Gasteiger partial charge in [0.1, 0.15) is 0 Å². The monoisotopic (exact) mass is 449 g/mol. The second-order valence-corrected chi connectivity index (χ2v) is 9.93. The topological polar surface area (TPSA) is 67.6 Å². The fraction of sp³-hybridized carbons (Fsp3) is 0.667. The lowest BCUT2D eigenvalue weighted by Gasteiger charge is -2.40. The van der Waals surface area contributed by atoms with Crippen molar-refractivity contribution in [1.29, 1.82) is 5.26 Å². The molecule has 1 aromatic carbocycles. The van der Waals surface area contributed by atoms with E-state index in [-0.39, 0.29) is 29.0 Å². The number of hydrogen-bond acceptors (Lipinski definition) is 4. The van der Waals surface area contributed by atoms with Gasteiger partial charge in [-0.25, -0.2) is 0 Å². The summed E-state index contributed by atoms with van der Waals surface area (Å²) < 4.78 is 39.3. The van der Waals surface area contributed by atoms with E-state index in [9.17, 15) is 23.1 Å². The number of rotatable bonds is 7. The van der Waals surface area contributed by atoms with Crippen molar-refractivity contribution < 1.29 is 23.1 Å². The van der Waals surface area contributed by atoms with Crippen LogP contribution in [0.15, 0.2) is 24.3 Å². The van der Waals surface area contributed by atoms with E-state index in [1.54, 1.807) is 0 Å². The summed E-state index contributed by atoms with van der Waals surface area (Å²) in [6, 6.07) is 7.79. The number of benzene rings is 1. The van der Waals surface area contributed by atoms with E-state index >= 15 is 0 Å². The second-order valence-electron chi connectivity index (χ2n) is 9.93. The Hall–Kier alpha value is -2.11. The number of nitriles is 1. The van der Waals surface area contributed by atoms with Crippen molar-refractivity contribution in [2.45, 2.75) is 75.7 Å². The third kappa shape index (κ3) is 4.65. The van der Waals surface area contributed by atoms with Crippen LogP contribution in [0, 0.1) is 16.7 Å². The highest BCUT2D eigenvalue weighted by Crippen LogP contribution is 2.49. The minimum Gasteiger partial charge on any atom is -0.376 e. The van der Waals surface area contributed by atoms with Gasteiger partial charge in [-0.1, -0.05) is 12.1 Å². The van der Waals surface area contributed by atoms with Gasteiger partial charge in [-0.05, 0) is 68.6 Å². The molecule has 1 unspecified atom stereocenters. The van der Waals surface area contributed by atoms with E-state index in [0.717, 1.165) is 65.1 Å². The highest BCUT2D eigenvalue weighted by Gasteiger charge is 2.51. The van der Waals surface area contributed by atoms with Crippen LogP contribution in [-0.4, -0.2) is 58.7 Å². The number of aliphatic hydroxyl groups is 1. The van der Waals surface area contributed by atoms with Crippen molar-refractivity contribution in [3.05, 3.63) is 35.4 Å². The average molecular weight is 450 g/mol. The molecule has 8 heteroatoms. The van der Waals surface area contributed by atoms with Crippen molar-refractivity contribution in [1.82, 2.24) is 9.80 Å². The van der Waals surface area contributed by atoms with Gasteiger partial charge in [-0.2, -0.15) is 18.4 Å². The van der Waals surface area contributed by atoms with Gasteiger partial charge >= 0.3 is 6.18 Å². The summed E-state index contributed by atoms with van der Waals surface area (Å²) in [5, 5.41) is 18.9. The summed E-state index contributed by atoms with van der Waals surface area (Å²) in [4.78, 5) is 17.6. The molecule has 1 amide bonds. The number of alkyl halides is 3. The molecule has 1 heterocycles. The molecule has 4 rings (SSSR count). The molecule has 1 aliphatic heterocycles. The quantitative estimate of drug-likeness (QED) is 0.677. The molecule has 0 spiro atoms. The molecule has 2 aliphatic carbocycles. The molecule has 0 aromatic heterocycles. The van der Waals surface area contributed by atoms with Gasteiger partial charge in [0.05, 0.1) is 6.07 Å². The number of halogens is 3. The lowest BCUT2D eigenvalue weighted by Crippen LogP contribution is -2.49. The van der Waals surface area contributed by atoms with Crippen LogP contribution < -0.4 is 0 Å². The summed E-state index contributed by atoms with van der Waals surface area (Å²) in [6.45, 7) is 3.45. The first-order valence-corrected chi connectivity index (χ1v) is 11.4. The minimum absolute atomic E-state index is 0.121. The predicted octanol–water partition coefficient (Wildman–Crippen LogP) is 4.22.